The maximum Gasteiger partial charge on any atom is 0.267 e. The van der Waals surface area contributed by atoms with Gasteiger partial charge in [-0.1, -0.05) is 24.3 Å². The lowest BCUT2D eigenvalue weighted by Crippen LogP contribution is -2.22. The third kappa shape index (κ3) is 3.33. The Kier molecular flexibility index (Phi) is 4.39. The molecule has 2 aromatic carbocycles. The van der Waals surface area contributed by atoms with E-state index in [1.54, 1.807) is 25.3 Å². The number of hydrogen-bond donors (Lipinski definition) is 0. The highest BCUT2D eigenvalue weighted by molar-refractivity contribution is 5.60. The number of rotatable bonds is 4. The maximum atomic E-state index is 12.1. The SMILES string of the molecule is COc1cccc(-c2ccc(=O)n(Cc3ccc(C#N)cc3)n2)c1. The number of nitrogens with zero attached hydrogens (tertiary/aromatic N) is 3. The Morgan fingerprint density at radius 3 is 2.62 bits per heavy atom. The number of benzene rings is 2. The fourth-order valence-corrected chi connectivity index (χ4v) is 2.36. The van der Waals surface area contributed by atoms with Gasteiger partial charge in [0.2, 0.25) is 0 Å². The van der Waals surface area contributed by atoms with Crippen LogP contribution < -0.4 is 10.3 Å². The van der Waals surface area contributed by atoms with Gasteiger partial charge in [0, 0.05) is 11.6 Å². The van der Waals surface area contributed by atoms with Gasteiger partial charge >= 0.3 is 0 Å². The molecule has 0 aliphatic carbocycles. The molecule has 1 heterocycles. The standard InChI is InChI=1S/C19H15N3O2/c1-24-17-4-2-3-16(11-17)18-9-10-19(23)22(21-18)13-15-7-5-14(12-20)6-8-15/h2-11H,13H2,1H3. The zero-order valence-electron chi connectivity index (χ0n) is 13.1. The number of methoxy groups -OCH3 is 1. The highest BCUT2D eigenvalue weighted by atomic mass is 16.5. The van der Waals surface area contributed by atoms with Crippen molar-refractivity contribution in [2.75, 3.05) is 7.11 Å². The van der Waals surface area contributed by atoms with Gasteiger partial charge in [-0.05, 0) is 35.9 Å². The van der Waals surface area contributed by atoms with E-state index < -0.39 is 0 Å². The quantitative estimate of drug-likeness (QED) is 0.742. The molecular weight excluding hydrogens is 302 g/mol. The summed E-state index contributed by atoms with van der Waals surface area (Å²) in [5.41, 5.74) is 2.90. The molecule has 0 saturated carbocycles. The van der Waals surface area contributed by atoms with E-state index in [1.807, 2.05) is 36.4 Å². The maximum absolute atomic E-state index is 12.1. The monoisotopic (exact) mass is 317 g/mol. The third-order valence-electron chi connectivity index (χ3n) is 3.65. The van der Waals surface area contributed by atoms with Crippen LogP contribution in [0.5, 0.6) is 5.75 Å². The molecular formula is C19H15N3O2. The second kappa shape index (κ2) is 6.80. The molecule has 0 bridgehead atoms. The van der Waals surface area contributed by atoms with Gasteiger partial charge in [-0.25, -0.2) is 4.68 Å². The molecule has 5 heteroatoms. The average Bonchev–Trinajstić information content (AvgIpc) is 2.64. The van der Waals surface area contributed by atoms with E-state index in [0.29, 0.717) is 17.8 Å². The summed E-state index contributed by atoms with van der Waals surface area (Å²) in [6.45, 7) is 0.350. The van der Waals surface area contributed by atoms with Crippen LogP contribution in [0.25, 0.3) is 11.3 Å². The van der Waals surface area contributed by atoms with Crippen molar-refractivity contribution in [2.24, 2.45) is 0 Å². The van der Waals surface area contributed by atoms with Crippen molar-refractivity contribution in [1.29, 1.82) is 5.26 Å². The molecule has 0 saturated heterocycles. The summed E-state index contributed by atoms with van der Waals surface area (Å²) < 4.78 is 6.64. The fourth-order valence-electron chi connectivity index (χ4n) is 2.36. The Hall–Kier alpha value is -3.39. The van der Waals surface area contributed by atoms with E-state index >= 15 is 0 Å². The molecule has 0 radical (unpaired) electrons. The molecule has 0 fully saturated rings. The van der Waals surface area contributed by atoms with E-state index in [4.69, 9.17) is 10.00 Å². The van der Waals surface area contributed by atoms with Crippen molar-refractivity contribution in [2.45, 2.75) is 6.54 Å². The first-order valence-electron chi connectivity index (χ1n) is 7.41. The van der Waals surface area contributed by atoms with Gasteiger partial charge < -0.3 is 4.74 Å². The summed E-state index contributed by atoms with van der Waals surface area (Å²) >= 11 is 0. The van der Waals surface area contributed by atoms with Gasteiger partial charge in [0.25, 0.3) is 5.56 Å². The molecule has 0 aliphatic heterocycles. The van der Waals surface area contributed by atoms with E-state index in [0.717, 1.165) is 16.9 Å². The van der Waals surface area contributed by atoms with Crippen LogP contribution in [0.15, 0.2) is 65.5 Å². The minimum atomic E-state index is -0.175. The number of nitriles is 1. The topological polar surface area (TPSA) is 67.9 Å². The second-order valence-corrected chi connectivity index (χ2v) is 5.26. The summed E-state index contributed by atoms with van der Waals surface area (Å²) in [6, 6.07) is 19.9. The van der Waals surface area contributed by atoms with Crippen molar-refractivity contribution < 1.29 is 4.74 Å². The number of aromatic nitrogens is 2. The number of hydrogen-bond acceptors (Lipinski definition) is 4. The summed E-state index contributed by atoms with van der Waals surface area (Å²) in [7, 11) is 1.61. The van der Waals surface area contributed by atoms with Gasteiger partial charge in [-0.3, -0.25) is 4.79 Å². The van der Waals surface area contributed by atoms with Crippen molar-refractivity contribution in [3.05, 3.63) is 82.1 Å². The lowest BCUT2D eigenvalue weighted by atomic mass is 10.1. The van der Waals surface area contributed by atoms with Crippen LogP contribution in [-0.4, -0.2) is 16.9 Å². The third-order valence-corrected chi connectivity index (χ3v) is 3.65. The zero-order chi connectivity index (χ0) is 16.9. The summed E-state index contributed by atoms with van der Waals surface area (Å²) in [5, 5.41) is 13.3. The van der Waals surface area contributed by atoms with Crippen LogP contribution in [0.2, 0.25) is 0 Å². The lowest BCUT2D eigenvalue weighted by molar-refractivity contribution is 0.415. The van der Waals surface area contributed by atoms with Crippen molar-refractivity contribution in [1.82, 2.24) is 9.78 Å². The molecule has 0 aliphatic rings. The van der Waals surface area contributed by atoms with Crippen LogP contribution in [-0.2, 0) is 6.54 Å². The molecule has 3 rings (SSSR count). The molecule has 0 unspecified atom stereocenters. The van der Waals surface area contributed by atoms with Crippen LogP contribution >= 0.6 is 0 Å². The van der Waals surface area contributed by atoms with Crippen LogP contribution in [0.4, 0.5) is 0 Å². The smallest absolute Gasteiger partial charge is 0.267 e. The van der Waals surface area contributed by atoms with Gasteiger partial charge in [0.15, 0.2) is 0 Å². The first kappa shape index (κ1) is 15.5. The Labute approximate surface area is 139 Å². The average molecular weight is 317 g/mol. The lowest BCUT2D eigenvalue weighted by Gasteiger charge is -2.08. The highest BCUT2D eigenvalue weighted by Gasteiger charge is 2.05. The molecule has 1 aromatic heterocycles. The van der Waals surface area contributed by atoms with E-state index in [1.165, 1.54) is 10.7 Å². The van der Waals surface area contributed by atoms with E-state index in [-0.39, 0.29) is 5.56 Å². The van der Waals surface area contributed by atoms with Crippen molar-refractivity contribution in [3.8, 4) is 23.1 Å². The van der Waals surface area contributed by atoms with Crippen LogP contribution in [0.3, 0.4) is 0 Å². The highest BCUT2D eigenvalue weighted by Crippen LogP contribution is 2.21. The molecule has 0 N–H and O–H groups in total. The van der Waals surface area contributed by atoms with Gasteiger partial charge in [-0.2, -0.15) is 10.4 Å². The molecule has 0 spiro atoms. The van der Waals surface area contributed by atoms with Gasteiger partial charge in [0.05, 0.1) is 31.0 Å². The van der Waals surface area contributed by atoms with Crippen molar-refractivity contribution >= 4 is 0 Å². The second-order valence-electron chi connectivity index (χ2n) is 5.26. The Bertz CT molecular complexity index is 953. The molecule has 118 valence electrons. The fraction of sp³-hybridized carbons (Fsp3) is 0.105. The minimum absolute atomic E-state index is 0.175. The van der Waals surface area contributed by atoms with Gasteiger partial charge in [-0.15, -0.1) is 0 Å². The Balaban J connectivity index is 1.93. The number of ether oxygens (including phenoxy) is 1. The van der Waals surface area contributed by atoms with Crippen LogP contribution in [0, 0.1) is 11.3 Å². The zero-order valence-corrected chi connectivity index (χ0v) is 13.1. The summed E-state index contributed by atoms with van der Waals surface area (Å²) in [6.07, 6.45) is 0. The first-order chi connectivity index (χ1) is 11.7. The van der Waals surface area contributed by atoms with Crippen LogP contribution in [0.1, 0.15) is 11.1 Å². The minimum Gasteiger partial charge on any atom is -0.497 e. The Morgan fingerprint density at radius 1 is 1.12 bits per heavy atom. The van der Waals surface area contributed by atoms with Gasteiger partial charge in [0.1, 0.15) is 5.75 Å². The van der Waals surface area contributed by atoms with E-state index in [9.17, 15) is 4.79 Å². The summed E-state index contributed by atoms with van der Waals surface area (Å²) in [4.78, 5) is 12.1. The molecule has 5 nitrogen and oxygen atoms in total. The van der Waals surface area contributed by atoms with E-state index in [2.05, 4.69) is 11.2 Å². The molecule has 0 atom stereocenters. The largest absolute Gasteiger partial charge is 0.497 e. The predicted molar refractivity (Wildman–Crippen MR) is 90.7 cm³/mol. The van der Waals surface area contributed by atoms with Crippen molar-refractivity contribution in [3.63, 3.8) is 0 Å². The molecule has 3 aromatic rings. The molecule has 0 amide bonds. The predicted octanol–water partition coefficient (Wildman–Crippen LogP) is 2.84. The summed E-state index contributed by atoms with van der Waals surface area (Å²) in [5.74, 6) is 0.735. The molecule has 24 heavy (non-hydrogen) atoms. The normalized spacial score (nSPS) is 10.2. The first-order valence-corrected chi connectivity index (χ1v) is 7.41. The Morgan fingerprint density at radius 2 is 1.92 bits per heavy atom.